The van der Waals surface area contributed by atoms with Gasteiger partial charge in [-0.2, -0.15) is 0 Å². The van der Waals surface area contributed by atoms with Gasteiger partial charge in [-0.15, -0.1) is 71.8 Å². The van der Waals surface area contributed by atoms with E-state index in [1.54, 1.807) is 0 Å². The number of allylic oxidation sites excluding steroid dienone is 4. The molecule has 8 heteroatoms. The van der Waals surface area contributed by atoms with E-state index >= 15 is 0 Å². The number of hydrogen-bond acceptors (Lipinski definition) is 4. The number of aliphatic hydroxyl groups excluding tert-OH is 2. The van der Waals surface area contributed by atoms with Crippen LogP contribution in [0.1, 0.15) is 54.0 Å². The van der Waals surface area contributed by atoms with Crippen molar-refractivity contribution >= 4 is 22.3 Å². The SMILES string of the molecule is CC(=[OH+])C=C(C)O.CC(=[OH+])C=C(C)O.CC(C)(C)c1ccnc(-c2[c-]cccc2)c1.[Ir].[Ir].[c-]1ccccc1-c1nccc2ccccc12. The van der Waals surface area contributed by atoms with Gasteiger partial charge in [0, 0.05) is 52.6 Å². The van der Waals surface area contributed by atoms with Gasteiger partial charge in [0.1, 0.15) is 0 Å². The molecule has 5 rings (SSSR count). The first-order chi connectivity index (χ1) is 21.8. The molecule has 0 amide bonds. The summed E-state index contributed by atoms with van der Waals surface area (Å²) in [7, 11) is 0. The number of fused-ring (bicyclic) bond motifs is 1. The molecule has 0 aliphatic heterocycles. The first-order valence-electron chi connectivity index (χ1n) is 14.8. The summed E-state index contributed by atoms with van der Waals surface area (Å²) < 4.78 is 0. The second kappa shape index (κ2) is 22.5. The Morgan fingerprint density at radius 2 is 1.17 bits per heavy atom. The van der Waals surface area contributed by atoms with E-state index in [0.29, 0.717) is 0 Å². The molecule has 0 saturated heterocycles. The summed E-state index contributed by atoms with van der Waals surface area (Å²) in [6.07, 6.45) is 6.27. The molecule has 0 atom stereocenters. The van der Waals surface area contributed by atoms with Crippen LogP contribution in [0.2, 0.25) is 0 Å². The van der Waals surface area contributed by atoms with Gasteiger partial charge >= 0.3 is 11.6 Å². The van der Waals surface area contributed by atoms with E-state index in [9.17, 15) is 0 Å². The summed E-state index contributed by atoms with van der Waals surface area (Å²) in [4.78, 5) is 25.6. The molecular formula is C40H44Ir2N2O4. The number of hydrogen-bond donors (Lipinski definition) is 2. The van der Waals surface area contributed by atoms with Crippen molar-refractivity contribution in [3.05, 3.63) is 145 Å². The Hall–Kier alpha value is -4.06. The number of pyridine rings is 2. The van der Waals surface area contributed by atoms with Crippen molar-refractivity contribution < 1.29 is 60.0 Å². The van der Waals surface area contributed by atoms with Crippen LogP contribution in [0.5, 0.6) is 0 Å². The summed E-state index contributed by atoms with van der Waals surface area (Å²) in [5.41, 5.74) is 5.54. The third-order valence-corrected chi connectivity index (χ3v) is 6.08. The molecule has 2 radical (unpaired) electrons. The van der Waals surface area contributed by atoms with Crippen LogP contribution in [0.3, 0.4) is 0 Å². The monoisotopic (exact) mass is 1000 g/mol. The second-order valence-electron chi connectivity index (χ2n) is 11.5. The molecule has 2 heterocycles. The number of ketones is 2. The zero-order chi connectivity index (χ0) is 34.1. The number of nitrogens with zero attached hydrogens (tertiary/aromatic N) is 2. The predicted octanol–water partition coefficient (Wildman–Crippen LogP) is 9.57. The Balaban J connectivity index is 0.000000652. The third-order valence-electron chi connectivity index (χ3n) is 6.08. The Kier molecular flexibility index (Phi) is 20.6. The van der Waals surface area contributed by atoms with Crippen LogP contribution in [0.15, 0.2) is 127 Å². The van der Waals surface area contributed by atoms with Crippen molar-refractivity contribution in [2.24, 2.45) is 0 Å². The largest absolute Gasteiger partial charge is 0.512 e. The number of aliphatic hydroxyl groups is 2. The minimum absolute atomic E-state index is 0. The molecule has 0 unspecified atom stereocenters. The third kappa shape index (κ3) is 16.7. The molecule has 3 aromatic carbocycles. The summed E-state index contributed by atoms with van der Waals surface area (Å²) in [5, 5.41) is 19.2. The van der Waals surface area contributed by atoms with Crippen LogP contribution in [0.25, 0.3) is 33.3 Å². The van der Waals surface area contributed by atoms with Crippen molar-refractivity contribution in [2.75, 3.05) is 0 Å². The Morgan fingerprint density at radius 3 is 1.62 bits per heavy atom. The zero-order valence-electron chi connectivity index (χ0n) is 28.3. The summed E-state index contributed by atoms with van der Waals surface area (Å²) >= 11 is 0. The molecule has 4 N–H and O–H groups in total. The number of benzene rings is 3. The Labute approximate surface area is 311 Å². The van der Waals surface area contributed by atoms with Crippen molar-refractivity contribution in [3.63, 3.8) is 0 Å². The molecule has 0 spiro atoms. The molecule has 0 aliphatic carbocycles. The fourth-order valence-corrected chi connectivity index (χ4v) is 4.08. The van der Waals surface area contributed by atoms with E-state index in [2.05, 4.69) is 67.1 Å². The first kappa shape index (κ1) is 43.9. The summed E-state index contributed by atoms with van der Waals surface area (Å²) in [6, 6.07) is 36.8. The molecular weight excluding hydrogens is 957 g/mol. The van der Waals surface area contributed by atoms with Crippen molar-refractivity contribution in [3.8, 4) is 22.5 Å². The van der Waals surface area contributed by atoms with Crippen LogP contribution < -0.4 is 0 Å². The van der Waals surface area contributed by atoms with Crippen LogP contribution in [-0.2, 0) is 45.6 Å². The normalized spacial score (nSPS) is 10.6. The van der Waals surface area contributed by atoms with Gasteiger partial charge in [0.15, 0.2) is 0 Å². The minimum Gasteiger partial charge on any atom is -0.512 e. The number of aromatic nitrogens is 2. The van der Waals surface area contributed by atoms with Gasteiger partial charge in [0.05, 0.1) is 37.5 Å². The van der Waals surface area contributed by atoms with Gasteiger partial charge in [-0.1, -0.05) is 51.1 Å². The molecule has 48 heavy (non-hydrogen) atoms. The standard InChI is InChI=1S/C15H10N.C15H16N.2C5H8O2.2Ir/c1-2-7-13(8-3-1)15-14-9-5-4-6-12(14)10-11-16-15;1-15(2,3)13-9-10-16-14(11-13)12-7-5-4-6-8-12;2*1-4(6)3-5(2)7;;/h1-7,9-11H;4-7,9-11H,1-3H3;2*3,6H,1-2H3;;/q2*-1;;;;/p+2. The number of carbonyl (C=O) groups excluding carboxylic acids is 2. The zero-order valence-corrected chi connectivity index (χ0v) is 33.1. The number of rotatable bonds is 4. The van der Waals surface area contributed by atoms with Gasteiger partial charge in [0.2, 0.25) is 0 Å². The van der Waals surface area contributed by atoms with Crippen molar-refractivity contribution in [2.45, 2.75) is 53.9 Å². The maximum absolute atomic E-state index is 8.40. The molecule has 6 nitrogen and oxygen atoms in total. The maximum Gasteiger partial charge on any atom is 0.316 e. The van der Waals surface area contributed by atoms with Crippen molar-refractivity contribution in [1.29, 1.82) is 0 Å². The van der Waals surface area contributed by atoms with Gasteiger partial charge in [-0.3, -0.25) is 9.59 Å². The van der Waals surface area contributed by atoms with E-state index in [0.717, 1.165) is 22.5 Å². The fraction of sp³-hybridized carbons (Fsp3) is 0.200. The van der Waals surface area contributed by atoms with Gasteiger partial charge in [0.25, 0.3) is 0 Å². The Bertz CT molecular complexity index is 1720. The average molecular weight is 1000 g/mol. The minimum atomic E-state index is 0. The molecule has 256 valence electrons. The summed E-state index contributed by atoms with van der Waals surface area (Å²) in [6.45, 7) is 12.6. The average Bonchev–Trinajstić information content (AvgIpc) is 3.01. The molecule has 0 aliphatic rings. The van der Waals surface area contributed by atoms with Crippen molar-refractivity contribution in [1.82, 2.24) is 9.97 Å². The van der Waals surface area contributed by atoms with Crippen LogP contribution in [0.4, 0.5) is 0 Å². The van der Waals surface area contributed by atoms with E-state index in [1.165, 1.54) is 56.2 Å². The van der Waals surface area contributed by atoms with Crippen LogP contribution >= 0.6 is 0 Å². The second-order valence-corrected chi connectivity index (χ2v) is 11.5. The topological polar surface area (TPSA) is 109 Å². The molecule has 0 saturated carbocycles. The maximum atomic E-state index is 8.40. The summed E-state index contributed by atoms with van der Waals surface area (Å²) in [5.74, 6) is 0.500. The van der Waals surface area contributed by atoms with Crippen LogP contribution in [0, 0.1) is 12.1 Å². The van der Waals surface area contributed by atoms with Gasteiger partial charge < -0.3 is 20.2 Å². The quantitative estimate of drug-likeness (QED) is 0.0810. The first-order valence-corrected chi connectivity index (χ1v) is 14.8. The van der Waals surface area contributed by atoms with Gasteiger partial charge in [-0.25, -0.2) is 0 Å². The van der Waals surface area contributed by atoms with E-state index in [-0.39, 0.29) is 68.7 Å². The fourth-order valence-electron chi connectivity index (χ4n) is 4.08. The molecule has 0 fully saturated rings. The smallest absolute Gasteiger partial charge is 0.316 e. The Morgan fingerprint density at radius 1 is 0.667 bits per heavy atom. The molecule has 0 bridgehead atoms. The molecule has 2 aromatic heterocycles. The van der Waals surface area contributed by atoms with E-state index in [4.69, 9.17) is 19.8 Å². The van der Waals surface area contributed by atoms with E-state index < -0.39 is 0 Å². The van der Waals surface area contributed by atoms with E-state index in [1.807, 2.05) is 79.1 Å². The molecule has 5 aromatic rings. The van der Waals surface area contributed by atoms with Crippen LogP contribution in [-0.4, -0.2) is 41.3 Å². The predicted molar refractivity (Wildman–Crippen MR) is 191 cm³/mol. The van der Waals surface area contributed by atoms with Gasteiger partial charge in [-0.05, 0) is 59.1 Å².